The molecule has 0 N–H and O–H groups in total. The second-order valence-electron chi connectivity index (χ2n) is 7.57. The number of hydrogen-bond donors (Lipinski definition) is 0. The van der Waals surface area contributed by atoms with Crippen molar-refractivity contribution in [3.05, 3.63) is 5.92 Å². The second-order valence-corrected chi connectivity index (χ2v) is 7.57. The van der Waals surface area contributed by atoms with Crippen molar-refractivity contribution >= 4 is 0 Å². The molecular formula is C22H45. The molecule has 0 aliphatic carbocycles. The van der Waals surface area contributed by atoms with Crippen LogP contribution in [-0.2, 0) is 0 Å². The van der Waals surface area contributed by atoms with Gasteiger partial charge in [0, 0.05) is 0 Å². The molecule has 0 aromatic heterocycles. The lowest BCUT2D eigenvalue weighted by molar-refractivity contribution is 0.451. The van der Waals surface area contributed by atoms with Crippen molar-refractivity contribution < 1.29 is 0 Å². The molecule has 0 saturated heterocycles. The molecule has 0 spiro atoms. The second kappa shape index (κ2) is 17.4. The highest BCUT2D eigenvalue weighted by Gasteiger charge is 2.10. The highest BCUT2D eigenvalue weighted by Crippen LogP contribution is 2.23. The van der Waals surface area contributed by atoms with E-state index in [1.54, 1.807) is 5.92 Å². The van der Waals surface area contributed by atoms with Gasteiger partial charge in [0.25, 0.3) is 0 Å². The Labute approximate surface area is 142 Å². The van der Waals surface area contributed by atoms with Crippen LogP contribution < -0.4 is 0 Å². The van der Waals surface area contributed by atoms with Gasteiger partial charge >= 0.3 is 0 Å². The molecule has 0 heteroatoms. The molecule has 0 bridgehead atoms. The highest BCUT2D eigenvalue weighted by molar-refractivity contribution is 4.85. The Morgan fingerprint density at radius 3 is 1.23 bits per heavy atom. The molecule has 0 nitrogen and oxygen atoms in total. The van der Waals surface area contributed by atoms with Crippen LogP contribution in [0.15, 0.2) is 0 Å². The maximum Gasteiger partial charge on any atom is -0.0272 e. The fourth-order valence-corrected chi connectivity index (χ4v) is 3.49. The molecule has 0 aromatic rings. The molecule has 1 atom stereocenters. The Morgan fingerprint density at radius 2 is 0.909 bits per heavy atom. The van der Waals surface area contributed by atoms with Gasteiger partial charge in [-0.3, -0.25) is 0 Å². The molecule has 0 aromatic carbocycles. The van der Waals surface area contributed by atoms with Gasteiger partial charge in [-0.15, -0.1) is 0 Å². The fraction of sp³-hybridized carbons (Fsp3) is 0.955. The van der Waals surface area contributed by atoms with Crippen molar-refractivity contribution in [2.45, 2.75) is 130 Å². The van der Waals surface area contributed by atoms with Gasteiger partial charge < -0.3 is 0 Å². The predicted molar refractivity (Wildman–Crippen MR) is 103 cm³/mol. The van der Waals surface area contributed by atoms with Crippen molar-refractivity contribution in [3.63, 3.8) is 0 Å². The highest BCUT2D eigenvalue weighted by atomic mass is 14.2. The monoisotopic (exact) mass is 309 g/mol. The summed E-state index contributed by atoms with van der Waals surface area (Å²) in [5, 5.41) is 0. The van der Waals surface area contributed by atoms with E-state index in [0.717, 1.165) is 5.92 Å². The van der Waals surface area contributed by atoms with Crippen LogP contribution in [0.4, 0.5) is 0 Å². The van der Waals surface area contributed by atoms with Gasteiger partial charge in [-0.05, 0) is 18.3 Å². The van der Waals surface area contributed by atoms with Gasteiger partial charge in [-0.2, -0.15) is 0 Å². The molecule has 0 aliphatic rings. The van der Waals surface area contributed by atoms with E-state index in [9.17, 15) is 0 Å². The maximum atomic E-state index is 2.33. The van der Waals surface area contributed by atoms with Gasteiger partial charge in [0.15, 0.2) is 0 Å². The predicted octanol–water partition coefficient (Wildman–Crippen LogP) is 8.50. The summed E-state index contributed by atoms with van der Waals surface area (Å²) in [7, 11) is 0. The minimum atomic E-state index is 0.886. The molecule has 0 rings (SSSR count). The molecule has 0 saturated carbocycles. The first-order valence-corrected chi connectivity index (χ1v) is 10.5. The lowest BCUT2D eigenvalue weighted by atomic mass is 9.88. The third kappa shape index (κ3) is 14.9. The standard InChI is InChI=1S/C22H45/c1-5-7-8-9-10-11-12-13-14-15-16-17-18-19-20-22(6-2)21(3)4/h22H,5-20H2,1-4H3. The molecule has 0 amide bonds. The summed E-state index contributed by atoms with van der Waals surface area (Å²) in [4.78, 5) is 0. The summed E-state index contributed by atoms with van der Waals surface area (Å²) in [5.74, 6) is 2.52. The van der Waals surface area contributed by atoms with E-state index in [1.165, 1.54) is 103 Å². The minimum absolute atomic E-state index is 0.886. The Kier molecular flexibility index (Phi) is 17.4. The Balaban J connectivity index is 3.11. The molecular weight excluding hydrogens is 264 g/mol. The lowest BCUT2D eigenvalue weighted by Gasteiger charge is -2.18. The largest absolute Gasteiger partial charge is 0.0654 e. The first-order chi connectivity index (χ1) is 10.7. The Bertz CT molecular complexity index is 194. The van der Waals surface area contributed by atoms with Gasteiger partial charge in [0.1, 0.15) is 0 Å². The van der Waals surface area contributed by atoms with E-state index in [-0.39, 0.29) is 0 Å². The molecule has 0 aliphatic heterocycles. The summed E-state index contributed by atoms with van der Waals surface area (Å²) < 4.78 is 0. The van der Waals surface area contributed by atoms with Crippen LogP contribution in [0.2, 0.25) is 0 Å². The van der Waals surface area contributed by atoms with Crippen molar-refractivity contribution in [2.24, 2.45) is 5.92 Å². The summed E-state index contributed by atoms with van der Waals surface area (Å²) >= 11 is 0. The van der Waals surface area contributed by atoms with Crippen molar-refractivity contribution in [2.75, 3.05) is 0 Å². The van der Waals surface area contributed by atoms with E-state index < -0.39 is 0 Å². The fourth-order valence-electron chi connectivity index (χ4n) is 3.49. The SMILES string of the molecule is CCCCCCCCCCCCCCCCC(CC)[C](C)C. The van der Waals surface area contributed by atoms with Crippen LogP contribution in [0.5, 0.6) is 0 Å². The molecule has 0 fully saturated rings. The minimum Gasteiger partial charge on any atom is -0.0654 e. The van der Waals surface area contributed by atoms with E-state index in [0.29, 0.717) is 0 Å². The molecule has 22 heavy (non-hydrogen) atoms. The van der Waals surface area contributed by atoms with Gasteiger partial charge in [0.2, 0.25) is 0 Å². The molecule has 1 unspecified atom stereocenters. The van der Waals surface area contributed by atoms with Gasteiger partial charge in [-0.1, -0.05) is 124 Å². The summed E-state index contributed by atoms with van der Waals surface area (Å²) in [6, 6.07) is 0. The molecule has 0 heterocycles. The average molecular weight is 310 g/mol. The van der Waals surface area contributed by atoms with Crippen molar-refractivity contribution in [1.82, 2.24) is 0 Å². The first kappa shape index (κ1) is 22.0. The van der Waals surface area contributed by atoms with Crippen LogP contribution >= 0.6 is 0 Å². The number of unbranched alkanes of at least 4 members (excludes halogenated alkanes) is 13. The van der Waals surface area contributed by atoms with Crippen molar-refractivity contribution in [3.8, 4) is 0 Å². The molecule has 1 radical (unpaired) electrons. The first-order valence-electron chi connectivity index (χ1n) is 10.5. The zero-order chi connectivity index (χ0) is 16.5. The van der Waals surface area contributed by atoms with Crippen LogP contribution in [0, 0.1) is 11.8 Å². The number of hydrogen-bond acceptors (Lipinski definition) is 0. The third-order valence-electron chi connectivity index (χ3n) is 5.22. The Morgan fingerprint density at radius 1 is 0.545 bits per heavy atom. The number of rotatable bonds is 17. The van der Waals surface area contributed by atoms with Gasteiger partial charge in [0.05, 0.1) is 0 Å². The summed E-state index contributed by atoms with van der Waals surface area (Å²) in [6.45, 7) is 9.24. The quantitative estimate of drug-likeness (QED) is 0.236. The summed E-state index contributed by atoms with van der Waals surface area (Å²) in [5.41, 5.74) is 0. The third-order valence-corrected chi connectivity index (χ3v) is 5.22. The van der Waals surface area contributed by atoms with Gasteiger partial charge in [-0.25, -0.2) is 0 Å². The van der Waals surface area contributed by atoms with Crippen LogP contribution in [0.3, 0.4) is 0 Å². The summed E-state index contributed by atoms with van der Waals surface area (Å²) in [6.07, 6.45) is 23.2. The lowest BCUT2D eigenvalue weighted by Crippen LogP contribution is -2.05. The van der Waals surface area contributed by atoms with Crippen LogP contribution in [0.25, 0.3) is 0 Å². The maximum absolute atomic E-state index is 2.33. The van der Waals surface area contributed by atoms with E-state index in [4.69, 9.17) is 0 Å². The van der Waals surface area contributed by atoms with E-state index >= 15 is 0 Å². The zero-order valence-corrected chi connectivity index (χ0v) is 16.4. The topological polar surface area (TPSA) is 0 Å². The molecule has 133 valence electrons. The van der Waals surface area contributed by atoms with E-state index in [2.05, 4.69) is 27.7 Å². The average Bonchev–Trinajstić information content (AvgIpc) is 2.51. The van der Waals surface area contributed by atoms with Crippen LogP contribution in [0.1, 0.15) is 130 Å². The normalized spacial score (nSPS) is 13.0. The Hall–Kier alpha value is 0. The smallest absolute Gasteiger partial charge is 0.0272 e. The zero-order valence-electron chi connectivity index (χ0n) is 16.4. The van der Waals surface area contributed by atoms with Crippen molar-refractivity contribution in [1.29, 1.82) is 0 Å². The van der Waals surface area contributed by atoms with E-state index in [1.807, 2.05) is 0 Å². The van der Waals surface area contributed by atoms with Crippen LogP contribution in [-0.4, -0.2) is 0 Å².